The molecule has 1 unspecified atom stereocenters. The molecule has 1 heterocycles. The van der Waals surface area contributed by atoms with Crippen LogP contribution in [0.1, 0.15) is 42.1 Å². The van der Waals surface area contributed by atoms with Crippen LogP contribution in [0.25, 0.3) is 0 Å². The van der Waals surface area contributed by atoms with E-state index < -0.39 is 6.04 Å². The maximum Gasteiger partial charge on any atom is 0.232 e. The monoisotopic (exact) mass is 490 g/mol. The van der Waals surface area contributed by atoms with Gasteiger partial charge in [-0.25, -0.2) is 0 Å². The molecule has 0 saturated carbocycles. The molecule has 1 aliphatic rings. The highest BCUT2D eigenvalue weighted by molar-refractivity contribution is 6.30. The van der Waals surface area contributed by atoms with Gasteiger partial charge in [-0.2, -0.15) is 5.26 Å². The standard InChI is InChI=1S/C28H27ClN2O4/c1-17(2)35-26-16-22-20(14-25(26)33-4)15-27(32)31(28(22)19-6-8-21(29)9-7-19)23-10-5-18(3)13-24(23)34-12-11-30/h5-10,13-14,16-17,28H,12,15H2,1-4H3. The number of hydrogen-bond donors (Lipinski definition) is 0. The Balaban J connectivity index is 1.95. The zero-order valence-electron chi connectivity index (χ0n) is 20.2. The predicted molar refractivity (Wildman–Crippen MR) is 136 cm³/mol. The Labute approximate surface area is 210 Å². The molecule has 0 radical (unpaired) electrons. The summed E-state index contributed by atoms with van der Waals surface area (Å²) in [5.41, 5.74) is 4.24. The Morgan fingerprint density at radius 3 is 2.49 bits per heavy atom. The number of rotatable bonds is 7. The van der Waals surface area contributed by atoms with Crippen molar-refractivity contribution in [3.8, 4) is 23.3 Å². The van der Waals surface area contributed by atoms with Crippen LogP contribution in [-0.2, 0) is 11.2 Å². The molecule has 0 saturated heterocycles. The van der Waals surface area contributed by atoms with Gasteiger partial charge in [0.05, 0.1) is 31.4 Å². The van der Waals surface area contributed by atoms with E-state index in [0.29, 0.717) is 28.0 Å². The van der Waals surface area contributed by atoms with Gasteiger partial charge in [0, 0.05) is 5.02 Å². The lowest BCUT2D eigenvalue weighted by atomic mass is 9.86. The molecular weight excluding hydrogens is 464 g/mol. The maximum atomic E-state index is 13.7. The van der Waals surface area contributed by atoms with E-state index in [4.69, 9.17) is 31.1 Å². The molecule has 1 aliphatic heterocycles. The average molecular weight is 491 g/mol. The maximum absolute atomic E-state index is 13.7. The van der Waals surface area contributed by atoms with Crippen molar-refractivity contribution in [3.05, 3.63) is 81.9 Å². The highest BCUT2D eigenvalue weighted by Crippen LogP contribution is 2.46. The summed E-state index contributed by atoms with van der Waals surface area (Å²) in [4.78, 5) is 15.4. The quantitative estimate of drug-likeness (QED) is 0.404. The van der Waals surface area contributed by atoms with Crippen molar-refractivity contribution in [2.24, 2.45) is 0 Å². The summed E-state index contributed by atoms with van der Waals surface area (Å²) in [6.07, 6.45) is 0.129. The van der Waals surface area contributed by atoms with Crippen LogP contribution in [0.4, 0.5) is 5.69 Å². The first-order valence-corrected chi connectivity index (χ1v) is 11.8. The van der Waals surface area contributed by atoms with Gasteiger partial charge < -0.3 is 14.2 Å². The molecule has 3 aromatic rings. The van der Waals surface area contributed by atoms with Gasteiger partial charge in [0.25, 0.3) is 0 Å². The van der Waals surface area contributed by atoms with E-state index in [-0.39, 0.29) is 25.0 Å². The fraction of sp³-hybridized carbons (Fsp3) is 0.286. The molecule has 7 heteroatoms. The number of benzene rings is 3. The van der Waals surface area contributed by atoms with Gasteiger partial charge in [-0.3, -0.25) is 9.69 Å². The van der Waals surface area contributed by atoms with Gasteiger partial charge in [0.1, 0.15) is 11.8 Å². The van der Waals surface area contributed by atoms with E-state index in [9.17, 15) is 4.79 Å². The van der Waals surface area contributed by atoms with Crippen LogP contribution < -0.4 is 19.1 Å². The predicted octanol–water partition coefficient (Wildman–Crippen LogP) is 6.03. The third-order valence-electron chi connectivity index (χ3n) is 5.80. The molecule has 0 spiro atoms. The minimum atomic E-state index is -0.462. The normalized spacial score (nSPS) is 14.9. The Kier molecular flexibility index (Phi) is 7.18. The van der Waals surface area contributed by atoms with Crippen LogP contribution in [-0.4, -0.2) is 25.7 Å². The SMILES string of the molecule is COc1cc2c(cc1OC(C)C)C(c1ccc(Cl)cc1)N(c1ccc(C)cc1OCC#N)C(=O)C2. The number of ether oxygens (including phenoxy) is 3. The van der Waals surface area contributed by atoms with Crippen molar-refractivity contribution >= 4 is 23.2 Å². The summed E-state index contributed by atoms with van der Waals surface area (Å²) in [6, 6.07) is 18.5. The van der Waals surface area contributed by atoms with Crippen LogP contribution in [0.15, 0.2) is 54.6 Å². The summed E-state index contributed by atoms with van der Waals surface area (Å²) in [5, 5.41) is 9.70. The summed E-state index contributed by atoms with van der Waals surface area (Å²) in [7, 11) is 1.59. The molecule has 0 aliphatic carbocycles. The van der Waals surface area contributed by atoms with Crippen molar-refractivity contribution in [1.29, 1.82) is 5.26 Å². The second-order valence-electron chi connectivity index (χ2n) is 8.68. The van der Waals surface area contributed by atoms with Crippen molar-refractivity contribution in [1.82, 2.24) is 0 Å². The second kappa shape index (κ2) is 10.3. The third kappa shape index (κ3) is 5.06. The van der Waals surface area contributed by atoms with Gasteiger partial charge >= 0.3 is 0 Å². The number of carbonyl (C=O) groups is 1. The smallest absolute Gasteiger partial charge is 0.232 e. The summed E-state index contributed by atoms with van der Waals surface area (Å²) < 4.78 is 17.4. The van der Waals surface area contributed by atoms with E-state index >= 15 is 0 Å². The third-order valence-corrected chi connectivity index (χ3v) is 6.06. The van der Waals surface area contributed by atoms with Crippen LogP contribution in [0, 0.1) is 18.3 Å². The topological polar surface area (TPSA) is 71.8 Å². The van der Waals surface area contributed by atoms with Crippen molar-refractivity contribution in [2.75, 3.05) is 18.6 Å². The molecule has 0 N–H and O–H groups in total. The minimum Gasteiger partial charge on any atom is -0.493 e. The first kappa shape index (κ1) is 24.4. The number of amides is 1. The average Bonchev–Trinajstić information content (AvgIpc) is 2.82. The largest absolute Gasteiger partial charge is 0.493 e. The molecule has 35 heavy (non-hydrogen) atoms. The van der Waals surface area contributed by atoms with Crippen LogP contribution in [0.3, 0.4) is 0 Å². The fourth-order valence-corrected chi connectivity index (χ4v) is 4.48. The minimum absolute atomic E-state index is 0.0552. The number of nitriles is 1. The molecule has 4 rings (SSSR count). The van der Waals surface area contributed by atoms with Crippen molar-refractivity contribution < 1.29 is 19.0 Å². The molecule has 6 nitrogen and oxygen atoms in total. The summed E-state index contributed by atoms with van der Waals surface area (Å²) in [6.45, 7) is 5.73. The molecule has 1 amide bonds. The van der Waals surface area contributed by atoms with Crippen LogP contribution >= 0.6 is 11.6 Å². The molecule has 180 valence electrons. The second-order valence-corrected chi connectivity index (χ2v) is 9.12. The Morgan fingerprint density at radius 2 is 1.83 bits per heavy atom. The van der Waals surface area contributed by atoms with Crippen molar-refractivity contribution in [2.45, 2.75) is 39.3 Å². The van der Waals surface area contributed by atoms with Crippen LogP contribution in [0.5, 0.6) is 17.2 Å². The molecule has 0 fully saturated rings. The van der Waals surface area contributed by atoms with Gasteiger partial charge in [0.2, 0.25) is 5.91 Å². The molecule has 0 bridgehead atoms. The van der Waals surface area contributed by atoms with E-state index in [1.54, 1.807) is 12.0 Å². The molecule has 0 aromatic heterocycles. The zero-order valence-corrected chi connectivity index (χ0v) is 20.9. The highest BCUT2D eigenvalue weighted by Gasteiger charge is 2.37. The number of halogens is 1. The lowest BCUT2D eigenvalue weighted by molar-refractivity contribution is -0.118. The summed E-state index contributed by atoms with van der Waals surface area (Å²) >= 11 is 6.19. The lowest BCUT2D eigenvalue weighted by Gasteiger charge is -2.38. The number of fused-ring (bicyclic) bond motifs is 1. The van der Waals surface area contributed by atoms with Gasteiger partial charge in [-0.1, -0.05) is 29.8 Å². The summed E-state index contributed by atoms with van der Waals surface area (Å²) in [5.74, 6) is 1.58. The first-order chi connectivity index (χ1) is 16.8. The number of aryl methyl sites for hydroxylation is 1. The van der Waals surface area contributed by atoms with E-state index in [2.05, 4.69) is 0 Å². The van der Waals surface area contributed by atoms with Crippen LogP contribution in [0.2, 0.25) is 5.02 Å². The lowest BCUT2D eigenvalue weighted by Crippen LogP contribution is -2.41. The number of anilines is 1. The number of carbonyl (C=O) groups excluding carboxylic acids is 1. The Bertz CT molecular complexity index is 1280. The first-order valence-electron chi connectivity index (χ1n) is 11.4. The van der Waals surface area contributed by atoms with Crippen molar-refractivity contribution in [3.63, 3.8) is 0 Å². The highest BCUT2D eigenvalue weighted by atomic mass is 35.5. The number of methoxy groups -OCH3 is 1. The number of nitrogens with zero attached hydrogens (tertiary/aromatic N) is 2. The molecule has 1 atom stereocenters. The number of hydrogen-bond acceptors (Lipinski definition) is 5. The van der Waals surface area contributed by atoms with Gasteiger partial charge in [-0.15, -0.1) is 0 Å². The Morgan fingerprint density at radius 1 is 1.09 bits per heavy atom. The molecular formula is C28H27ClN2O4. The van der Waals surface area contributed by atoms with Gasteiger partial charge in [-0.05, 0) is 79.4 Å². The Hall–Kier alpha value is -3.69. The fourth-order valence-electron chi connectivity index (χ4n) is 4.36. The zero-order chi connectivity index (χ0) is 25.1. The van der Waals surface area contributed by atoms with E-state index in [0.717, 1.165) is 22.3 Å². The molecule has 3 aromatic carbocycles. The van der Waals surface area contributed by atoms with E-state index in [1.165, 1.54) is 0 Å². The van der Waals surface area contributed by atoms with E-state index in [1.807, 2.05) is 81.4 Å². The van der Waals surface area contributed by atoms with Gasteiger partial charge in [0.15, 0.2) is 18.1 Å².